The highest BCUT2D eigenvalue weighted by Crippen LogP contribution is 2.40. The first-order chi connectivity index (χ1) is 7.18. The zero-order valence-corrected chi connectivity index (χ0v) is 9.25. The molecular formula is C14H11Cl. The molecule has 1 unspecified atom stereocenters. The Morgan fingerprint density at radius 3 is 2.60 bits per heavy atom. The Labute approximate surface area is 94.2 Å². The van der Waals surface area contributed by atoms with Crippen LogP contribution in [0.3, 0.4) is 0 Å². The molecule has 1 aliphatic carbocycles. The SMILES string of the molecule is CC1(Cl)C=Cc2cccc3cccc1c23. The van der Waals surface area contributed by atoms with Crippen LogP contribution in [0.4, 0.5) is 0 Å². The Kier molecular flexibility index (Phi) is 1.72. The van der Waals surface area contributed by atoms with Crippen LogP contribution in [0.1, 0.15) is 18.1 Å². The molecule has 2 aromatic rings. The first kappa shape index (κ1) is 8.99. The van der Waals surface area contributed by atoms with E-state index in [1.54, 1.807) is 0 Å². The van der Waals surface area contributed by atoms with E-state index in [9.17, 15) is 0 Å². The predicted octanol–water partition coefficient (Wildman–Crippen LogP) is 4.32. The van der Waals surface area contributed by atoms with Gasteiger partial charge in [0.25, 0.3) is 0 Å². The van der Waals surface area contributed by atoms with Crippen molar-refractivity contribution in [1.29, 1.82) is 0 Å². The quantitative estimate of drug-likeness (QED) is 0.573. The maximum atomic E-state index is 6.48. The largest absolute Gasteiger partial charge is 0.110 e. The molecule has 0 aromatic heterocycles. The van der Waals surface area contributed by atoms with E-state index in [0.29, 0.717) is 0 Å². The molecule has 0 saturated heterocycles. The van der Waals surface area contributed by atoms with Crippen LogP contribution in [-0.2, 0) is 4.87 Å². The van der Waals surface area contributed by atoms with E-state index in [0.717, 1.165) is 0 Å². The third-order valence-electron chi connectivity index (χ3n) is 3.04. The first-order valence-electron chi connectivity index (χ1n) is 5.09. The van der Waals surface area contributed by atoms with Crippen molar-refractivity contribution >= 4 is 28.4 Å². The van der Waals surface area contributed by atoms with Crippen molar-refractivity contribution in [3.8, 4) is 0 Å². The standard InChI is InChI=1S/C14H11Cl/c1-14(15)9-8-11-5-2-4-10-6-3-7-12(14)13(10)11/h2-9H,1H3. The Balaban J connectivity index is 2.52. The molecule has 3 rings (SSSR count). The van der Waals surface area contributed by atoms with Crippen molar-refractivity contribution < 1.29 is 0 Å². The summed E-state index contributed by atoms with van der Waals surface area (Å²) >= 11 is 6.48. The van der Waals surface area contributed by atoms with Crippen LogP contribution in [0.2, 0.25) is 0 Å². The summed E-state index contributed by atoms with van der Waals surface area (Å²) in [4.78, 5) is -0.367. The molecule has 0 N–H and O–H groups in total. The van der Waals surface area contributed by atoms with Gasteiger partial charge in [0.1, 0.15) is 0 Å². The summed E-state index contributed by atoms with van der Waals surface area (Å²) in [5.74, 6) is 0. The highest BCUT2D eigenvalue weighted by molar-refractivity contribution is 6.27. The van der Waals surface area contributed by atoms with Gasteiger partial charge in [0.2, 0.25) is 0 Å². The Morgan fingerprint density at radius 2 is 1.80 bits per heavy atom. The lowest BCUT2D eigenvalue weighted by molar-refractivity contribution is 0.873. The summed E-state index contributed by atoms with van der Waals surface area (Å²) in [6.45, 7) is 2.04. The van der Waals surface area contributed by atoms with E-state index in [4.69, 9.17) is 11.6 Å². The molecule has 0 bridgehead atoms. The molecule has 74 valence electrons. The van der Waals surface area contributed by atoms with Crippen LogP contribution in [-0.4, -0.2) is 0 Å². The number of hydrogen-bond acceptors (Lipinski definition) is 0. The molecule has 15 heavy (non-hydrogen) atoms. The summed E-state index contributed by atoms with van der Waals surface area (Å²) < 4.78 is 0. The molecule has 0 saturated carbocycles. The average Bonchev–Trinajstić information content (AvgIpc) is 2.24. The zero-order valence-electron chi connectivity index (χ0n) is 8.50. The smallest absolute Gasteiger partial charge is 0.0856 e. The normalized spacial score (nSPS) is 23.3. The highest BCUT2D eigenvalue weighted by Gasteiger charge is 2.25. The number of rotatable bonds is 0. The maximum Gasteiger partial charge on any atom is 0.0856 e. The minimum atomic E-state index is -0.367. The van der Waals surface area contributed by atoms with Gasteiger partial charge >= 0.3 is 0 Å². The van der Waals surface area contributed by atoms with E-state index >= 15 is 0 Å². The molecule has 1 atom stereocenters. The van der Waals surface area contributed by atoms with E-state index in [1.807, 2.05) is 6.92 Å². The van der Waals surface area contributed by atoms with Gasteiger partial charge in [-0.15, -0.1) is 11.6 Å². The van der Waals surface area contributed by atoms with Gasteiger partial charge in [-0.05, 0) is 28.8 Å². The van der Waals surface area contributed by atoms with Crippen molar-refractivity contribution in [2.24, 2.45) is 0 Å². The minimum Gasteiger partial charge on any atom is -0.110 e. The molecule has 2 aromatic carbocycles. The fourth-order valence-corrected chi connectivity index (χ4v) is 2.47. The molecule has 1 aliphatic rings. The molecule has 0 radical (unpaired) electrons. The van der Waals surface area contributed by atoms with Crippen LogP contribution in [0, 0.1) is 0 Å². The van der Waals surface area contributed by atoms with Crippen LogP contribution in [0.5, 0.6) is 0 Å². The highest BCUT2D eigenvalue weighted by atomic mass is 35.5. The molecule has 0 amide bonds. The Morgan fingerprint density at radius 1 is 1.07 bits per heavy atom. The number of halogens is 1. The van der Waals surface area contributed by atoms with Gasteiger partial charge in [0, 0.05) is 0 Å². The third kappa shape index (κ3) is 1.22. The summed E-state index contributed by atoms with van der Waals surface area (Å²) in [5.41, 5.74) is 2.47. The van der Waals surface area contributed by atoms with Crippen LogP contribution >= 0.6 is 11.6 Å². The van der Waals surface area contributed by atoms with Crippen molar-refractivity contribution in [3.63, 3.8) is 0 Å². The van der Waals surface area contributed by atoms with E-state index < -0.39 is 0 Å². The van der Waals surface area contributed by atoms with Gasteiger partial charge in [-0.1, -0.05) is 48.6 Å². The average molecular weight is 215 g/mol. The second kappa shape index (κ2) is 2.86. The van der Waals surface area contributed by atoms with Gasteiger partial charge in [-0.25, -0.2) is 0 Å². The molecule has 0 fully saturated rings. The van der Waals surface area contributed by atoms with Crippen LogP contribution < -0.4 is 0 Å². The summed E-state index contributed by atoms with van der Waals surface area (Å²) in [6.07, 6.45) is 4.17. The van der Waals surface area contributed by atoms with E-state index in [2.05, 4.69) is 48.6 Å². The number of allylic oxidation sites excluding steroid dienone is 1. The van der Waals surface area contributed by atoms with Crippen LogP contribution in [0.15, 0.2) is 42.5 Å². The summed E-state index contributed by atoms with van der Waals surface area (Å²) in [5, 5.41) is 2.56. The minimum absolute atomic E-state index is 0.367. The molecular weight excluding hydrogens is 204 g/mol. The summed E-state index contributed by atoms with van der Waals surface area (Å²) in [7, 11) is 0. The predicted molar refractivity (Wildman–Crippen MR) is 66.2 cm³/mol. The third-order valence-corrected chi connectivity index (χ3v) is 3.37. The van der Waals surface area contributed by atoms with Crippen molar-refractivity contribution in [2.45, 2.75) is 11.8 Å². The lowest BCUT2D eigenvalue weighted by atomic mass is 9.86. The second-order valence-electron chi connectivity index (χ2n) is 4.16. The van der Waals surface area contributed by atoms with Gasteiger partial charge in [-0.3, -0.25) is 0 Å². The molecule has 0 aliphatic heterocycles. The monoisotopic (exact) mass is 214 g/mol. The molecule has 0 spiro atoms. The fourth-order valence-electron chi connectivity index (χ4n) is 2.25. The van der Waals surface area contributed by atoms with Gasteiger partial charge in [0.15, 0.2) is 0 Å². The zero-order chi connectivity index (χ0) is 10.5. The first-order valence-corrected chi connectivity index (χ1v) is 5.47. The summed E-state index contributed by atoms with van der Waals surface area (Å²) in [6, 6.07) is 12.7. The van der Waals surface area contributed by atoms with E-state index in [1.165, 1.54) is 21.9 Å². The Hall–Kier alpha value is -1.27. The molecule has 0 heterocycles. The molecule has 0 nitrogen and oxygen atoms in total. The van der Waals surface area contributed by atoms with Gasteiger partial charge < -0.3 is 0 Å². The number of benzene rings is 2. The number of hydrogen-bond donors (Lipinski definition) is 0. The van der Waals surface area contributed by atoms with Crippen molar-refractivity contribution in [2.75, 3.05) is 0 Å². The van der Waals surface area contributed by atoms with Crippen molar-refractivity contribution in [1.82, 2.24) is 0 Å². The van der Waals surface area contributed by atoms with Crippen molar-refractivity contribution in [3.05, 3.63) is 53.6 Å². The number of alkyl halides is 1. The van der Waals surface area contributed by atoms with Gasteiger partial charge in [-0.2, -0.15) is 0 Å². The lowest BCUT2D eigenvalue weighted by Crippen LogP contribution is -2.13. The Bertz CT molecular complexity index is 559. The molecule has 1 heteroatoms. The topological polar surface area (TPSA) is 0 Å². The van der Waals surface area contributed by atoms with Crippen LogP contribution in [0.25, 0.3) is 16.8 Å². The van der Waals surface area contributed by atoms with E-state index in [-0.39, 0.29) is 4.87 Å². The maximum absolute atomic E-state index is 6.48. The van der Waals surface area contributed by atoms with Gasteiger partial charge in [0.05, 0.1) is 4.87 Å². The fraction of sp³-hybridized carbons (Fsp3) is 0.143. The lowest BCUT2D eigenvalue weighted by Gasteiger charge is -2.25. The second-order valence-corrected chi connectivity index (χ2v) is 4.95.